The lowest BCUT2D eigenvalue weighted by Crippen LogP contribution is -1.99. The minimum atomic E-state index is 0.657. The lowest BCUT2D eigenvalue weighted by atomic mass is 9.87. The molecule has 10 rings (SSSR count). The standard InChI is InChI=1S/C45H27N3S/c1-2-13-28(14-3-1)43-46-44(48-45(47-43)41-26-30-15-4-11-24-40(30)49-41)31-17-12-16-29(25-31)38-27-39-34-20-6-5-18-32(34)33-19-7-9-22-36(33)42(39)37-23-10-8-21-35(37)38/h1-27H. The fourth-order valence-electron chi connectivity index (χ4n) is 7.26. The highest BCUT2D eigenvalue weighted by molar-refractivity contribution is 7.22. The average Bonchev–Trinajstić information content (AvgIpc) is 3.62. The third kappa shape index (κ3) is 4.61. The van der Waals surface area contributed by atoms with Gasteiger partial charge in [0.1, 0.15) is 0 Å². The summed E-state index contributed by atoms with van der Waals surface area (Å²) in [7, 11) is 0. The molecular weight excluding hydrogens is 615 g/mol. The Hall–Kier alpha value is -6.23. The molecule has 0 saturated carbocycles. The van der Waals surface area contributed by atoms with Crippen LogP contribution in [0.5, 0.6) is 0 Å². The number of nitrogens with zero attached hydrogens (tertiary/aromatic N) is 3. The molecule has 10 aromatic rings. The molecule has 3 nitrogen and oxygen atoms in total. The average molecular weight is 642 g/mol. The highest BCUT2D eigenvalue weighted by Gasteiger charge is 2.17. The van der Waals surface area contributed by atoms with E-state index in [9.17, 15) is 0 Å². The van der Waals surface area contributed by atoms with Gasteiger partial charge in [-0.05, 0) is 83.9 Å². The minimum absolute atomic E-state index is 0.657. The van der Waals surface area contributed by atoms with Crippen LogP contribution in [0.1, 0.15) is 0 Å². The molecule has 0 spiro atoms. The smallest absolute Gasteiger partial charge is 0.174 e. The van der Waals surface area contributed by atoms with Crippen molar-refractivity contribution in [1.29, 1.82) is 0 Å². The maximum Gasteiger partial charge on any atom is 0.174 e. The van der Waals surface area contributed by atoms with Crippen molar-refractivity contribution in [2.24, 2.45) is 0 Å². The summed E-state index contributed by atoms with van der Waals surface area (Å²) in [6.07, 6.45) is 0. The van der Waals surface area contributed by atoms with Gasteiger partial charge in [-0.15, -0.1) is 11.3 Å². The second-order valence-electron chi connectivity index (χ2n) is 12.4. The molecule has 0 aliphatic rings. The van der Waals surface area contributed by atoms with E-state index in [1.807, 2.05) is 18.2 Å². The Kier molecular flexibility index (Phi) is 6.36. The van der Waals surface area contributed by atoms with Gasteiger partial charge in [-0.25, -0.2) is 15.0 Å². The predicted molar refractivity (Wildman–Crippen MR) is 207 cm³/mol. The van der Waals surface area contributed by atoms with Crippen LogP contribution < -0.4 is 0 Å². The molecule has 0 radical (unpaired) electrons. The largest absolute Gasteiger partial charge is 0.208 e. The zero-order valence-corrected chi connectivity index (χ0v) is 27.2. The lowest BCUT2D eigenvalue weighted by Gasteiger charge is -2.16. The third-order valence-electron chi connectivity index (χ3n) is 9.49. The molecule has 8 aromatic carbocycles. The molecule has 0 amide bonds. The van der Waals surface area contributed by atoms with E-state index in [4.69, 9.17) is 15.0 Å². The predicted octanol–water partition coefficient (Wildman–Crippen LogP) is 12.4. The topological polar surface area (TPSA) is 38.7 Å². The Morgan fingerprint density at radius 2 is 0.878 bits per heavy atom. The van der Waals surface area contributed by atoms with Crippen LogP contribution in [0.15, 0.2) is 164 Å². The monoisotopic (exact) mass is 641 g/mol. The summed E-state index contributed by atoms with van der Waals surface area (Å²) < 4.78 is 1.21. The summed E-state index contributed by atoms with van der Waals surface area (Å²) in [5, 5.41) is 11.3. The number of hydrogen-bond acceptors (Lipinski definition) is 4. The summed E-state index contributed by atoms with van der Waals surface area (Å²) in [6.45, 7) is 0. The highest BCUT2D eigenvalue weighted by atomic mass is 32.1. The number of benzene rings is 8. The Balaban J connectivity index is 1.21. The molecule has 0 atom stereocenters. The lowest BCUT2D eigenvalue weighted by molar-refractivity contribution is 1.08. The Morgan fingerprint density at radius 3 is 1.63 bits per heavy atom. The van der Waals surface area contributed by atoms with Gasteiger partial charge in [0.15, 0.2) is 17.5 Å². The summed E-state index contributed by atoms with van der Waals surface area (Å²) in [6, 6.07) is 58.2. The zero-order valence-electron chi connectivity index (χ0n) is 26.3. The van der Waals surface area contributed by atoms with E-state index < -0.39 is 0 Å². The van der Waals surface area contributed by atoms with Gasteiger partial charge in [-0.2, -0.15) is 0 Å². The molecule has 4 heteroatoms. The fourth-order valence-corrected chi connectivity index (χ4v) is 8.25. The third-order valence-corrected chi connectivity index (χ3v) is 10.6. The molecule has 0 aliphatic heterocycles. The van der Waals surface area contributed by atoms with E-state index in [1.165, 1.54) is 58.7 Å². The van der Waals surface area contributed by atoms with E-state index in [1.54, 1.807) is 11.3 Å². The van der Waals surface area contributed by atoms with Crippen molar-refractivity contribution in [3.05, 3.63) is 164 Å². The number of aromatic nitrogens is 3. The molecule has 0 saturated heterocycles. The van der Waals surface area contributed by atoms with Gasteiger partial charge in [0.2, 0.25) is 0 Å². The molecular formula is C45H27N3S. The van der Waals surface area contributed by atoms with Crippen molar-refractivity contribution in [3.8, 4) is 44.6 Å². The van der Waals surface area contributed by atoms with E-state index >= 15 is 0 Å². The number of rotatable bonds is 4. The van der Waals surface area contributed by atoms with Crippen LogP contribution in [0.4, 0.5) is 0 Å². The van der Waals surface area contributed by atoms with Crippen molar-refractivity contribution in [1.82, 2.24) is 15.0 Å². The SMILES string of the molecule is c1ccc(-c2nc(-c3cccc(-c4cc5c6ccccc6c6ccccc6c5c5ccccc45)c3)nc(-c3cc4ccccc4s3)n2)cc1. The molecule has 0 unspecified atom stereocenters. The molecule has 0 N–H and O–H groups in total. The van der Waals surface area contributed by atoms with Gasteiger partial charge in [-0.3, -0.25) is 0 Å². The Bertz CT molecular complexity index is 2860. The van der Waals surface area contributed by atoms with Crippen LogP contribution in [0.25, 0.3) is 97.8 Å². The van der Waals surface area contributed by atoms with Crippen LogP contribution in [0.3, 0.4) is 0 Å². The van der Waals surface area contributed by atoms with E-state index in [0.29, 0.717) is 17.5 Å². The zero-order chi connectivity index (χ0) is 32.3. The second-order valence-corrected chi connectivity index (χ2v) is 13.5. The van der Waals surface area contributed by atoms with Gasteiger partial charge in [0.05, 0.1) is 4.88 Å². The van der Waals surface area contributed by atoms with Crippen LogP contribution in [-0.2, 0) is 0 Å². The molecule has 2 aromatic heterocycles. The maximum atomic E-state index is 5.10. The first kappa shape index (κ1) is 27.8. The maximum absolute atomic E-state index is 5.10. The van der Waals surface area contributed by atoms with E-state index in [-0.39, 0.29) is 0 Å². The van der Waals surface area contributed by atoms with E-state index in [0.717, 1.165) is 21.6 Å². The molecule has 0 fully saturated rings. The summed E-state index contributed by atoms with van der Waals surface area (Å²) >= 11 is 1.71. The van der Waals surface area contributed by atoms with Crippen LogP contribution in [0, 0.1) is 0 Å². The van der Waals surface area contributed by atoms with Crippen LogP contribution >= 0.6 is 11.3 Å². The Morgan fingerprint density at radius 1 is 0.347 bits per heavy atom. The van der Waals surface area contributed by atoms with Gasteiger partial charge < -0.3 is 0 Å². The van der Waals surface area contributed by atoms with Gasteiger partial charge in [0, 0.05) is 15.8 Å². The highest BCUT2D eigenvalue weighted by Crippen LogP contribution is 2.43. The number of thiophene rings is 1. The van der Waals surface area contributed by atoms with Crippen molar-refractivity contribution in [2.45, 2.75) is 0 Å². The molecule has 228 valence electrons. The fraction of sp³-hybridized carbons (Fsp3) is 0. The second kappa shape index (κ2) is 11.2. The quantitative estimate of drug-likeness (QED) is 0.180. The normalized spacial score (nSPS) is 11.7. The first-order valence-corrected chi connectivity index (χ1v) is 17.3. The summed E-state index contributed by atoms with van der Waals surface area (Å²) in [4.78, 5) is 16.2. The van der Waals surface area contributed by atoms with Crippen LogP contribution in [-0.4, -0.2) is 15.0 Å². The van der Waals surface area contributed by atoms with Gasteiger partial charge in [0.25, 0.3) is 0 Å². The van der Waals surface area contributed by atoms with Gasteiger partial charge in [-0.1, -0.05) is 140 Å². The van der Waals surface area contributed by atoms with Crippen molar-refractivity contribution in [2.75, 3.05) is 0 Å². The number of fused-ring (bicyclic) bond motifs is 9. The van der Waals surface area contributed by atoms with Crippen molar-refractivity contribution >= 4 is 64.5 Å². The summed E-state index contributed by atoms with van der Waals surface area (Å²) in [5.74, 6) is 2.01. The molecule has 0 bridgehead atoms. The van der Waals surface area contributed by atoms with Crippen molar-refractivity contribution < 1.29 is 0 Å². The molecule has 49 heavy (non-hydrogen) atoms. The minimum Gasteiger partial charge on any atom is -0.208 e. The van der Waals surface area contributed by atoms with E-state index in [2.05, 4.69) is 146 Å². The molecule has 0 aliphatic carbocycles. The first-order chi connectivity index (χ1) is 24.3. The van der Waals surface area contributed by atoms with Gasteiger partial charge >= 0.3 is 0 Å². The van der Waals surface area contributed by atoms with Crippen LogP contribution in [0.2, 0.25) is 0 Å². The number of hydrogen-bond donors (Lipinski definition) is 0. The Labute approximate surface area is 286 Å². The first-order valence-electron chi connectivity index (χ1n) is 16.4. The summed E-state index contributed by atoms with van der Waals surface area (Å²) in [5.41, 5.74) is 4.22. The van der Waals surface area contributed by atoms with Crippen molar-refractivity contribution in [3.63, 3.8) is 0 Å². The molecule has 2 heterocycles.